The van der Waals surface area contributed by atoms with Gasteiger partial charge in [0.1, 0.15) is 0 Å². The van der Waals surface area contributed by atoms with E-state index in [1.54, 1.807) is 31.2 Å². The molecule has 1 aromatic carbocycles. The van der Waals surface area contributed by atoms with Gasteiger partial charge >= 0.3 is 0 Å². The van der Waals surface area contributed by atoms with Gasteiger partial charge in [0.2, 0.25) is 10.0 Å². The van der Waals surface area contributed by atoms with Crippen molar-refractivity contribution in [3.05, 3.63) is 24.3 Å². The van der Waals surface area contributed by atoms with E-state index in [1.807, 2.05) is 0 Å². The molecule has 0 spiro atoms. The van der Waals surface area contributed by atoms with Crippen molar-refractivity contribution in [2.75, 3.05) is 18.5 Å². The minimum atomic E-state index is -3.37. The van der Waals surface area contributed by atoms with Crippen LogP contribution in [-0.4, -0.2) is 33.7 Å². The summed E-state index contributed by atoms with van der Waals surface area (Å²) in [6.45, 7) is 5.06. The third-order valence-electron chi connectivity index (χ3n) is 3.42. The maximum Gasteiger partial charge on any atom is 0.240 e. The lowest BCUT2D eigenvalue weighted by atomic mass is 10.1. The van der Waals surface area contributed by atoms with Crippen LogP contribution in [0.3, 0.4) is 0 Å². The van der Waals surface area contributed by atoms with Gasteiger partial charge in [0.25, 0.3) is 0 Å². The van der Waals surface area contributed by atoms with E-state index >= 15 is 0 Å². The van der Waals surface area contributed by atoms with Gasteiger partial charge in [-0.25, -0.2) is 13.1 Å². The van der Waals surface area contributed by atoms with Crippen LogP contribution in [0, 0.1) is 0 Å². The van der Waals surface area contributed by atoms with Gasteiger partial charge in [0, 0.05) is 24.9 Å². The third-order valence-corrected chi connectivity index (χ3v) is 4.98. The molecule has 1 aliphatic rings. The van der Waals surface area contributed by atoms with Crippen LogP contribution in [-0.2, 0) is 14.8 Å². The van der Waals surface area contributed by atoms with Crippen molar-refractivity contribution in [2.45, 2.75) is 43.7 Å². The summed E-state index contributed by atoms with van der Waals surface area (Å²) in [6, 6.07) is 7.02. The molecule has 1 aliphatic heterocycles. The quantitative estimate of drug-likeness (QED) is 0.842. The molecule has 1 fully saturated rings. The van der Waals surface area contributed by atoms with E-state index < -0.39 is 10.0 Å². The first-order valence-electron chi connectivity index (χ1n) is 7.01. The third kappa shape index (κ3) is 3.71. The van der Waals surface area contributed by atoms with E-state index in [9.17, 15) is 8.42 Å². The Balaban J connectivity index is 2.01. The Bertz CT molecular complexity index is 522. The molecule has 0 bridgehead atoms. The van der Waals surface area contributed by atoms with Gasteiger partial charge in [0.15, 0.2) is 0 Å². The van der Waals surface area contributed by atoms with E-state index in [1.165, 1.54) is 0 Å². The predicted molar refractivity (Wildman–Crippen MR) is 79.4 cm³/mol. The molecule has 6 heteroatoms. The number of benzene rings is 1. The monoisotopic (exact) mass is 298 g/mol. The first-order chi connectivity index (χ1) is 9.53. The van der Waals surface area contributed by atoms with Gasteiger partial charge in [0.05, 0.1) is 11.0 Å². The normalized spacial score (nSPS) is 20.8. The van der Waals surface area contributed by atoms with Gasteiger partial charge in [-0.1, -0.05) is 6.92 Å². The zero-order valence-corrected chi connectivity index (χ0v) is 12.7. The molecule has 2 atom stereocenters. The summed E-state index contributed by atoms with van der Waals surface area (Å²) in [5.41, 5.74) is 0.906. The Labute approximate surface area is 120 Å². The molecule has 1 aromatic rings. The van der Waals surface area contributed by atoms with Crippen molar-refractivity contribution in [3.8, 4) is 0 Å². The first-order valence-corrected chi connectivity index (χ1v) is 8.49. The van der Waals surface area contributed by atoms with Crippen LogP contribution < -0.4 is 10.0 Å². The topological polar surface area (TPSA) is 67.4 Å². The largest absolute Gasteiger partial charge is 0.380 e. The summed E-state index contributed by atoms with van der Waals surface area (Å²) < 4.78 is 31.8. The minimum Gasteiger partial charge on any atom is -0.380 e. The fourth-order valence-corrected chi connectivity index (χ4v) is 3.40. The maximum atomic E-state index is 11.8. The second-order valence-electron chi connectivity index (χ2n) is 5.01. The molecule has 2 unspecified atom stereocenters. The standard InChI is InChI=1S/C14H22N2O3S/c1-3-15-20(17,18)13-8-6-12(7-9-13)16-11(2)14-5-4-10-19-14/h6-9,11,14-16H,3-5,10H2,1-2H3. The molecule has 0 aliphatic carbocycles. The Morgan fingerprint density at radius 2 is 2.05 bits per heavy atom. The smallest absolute Gasteiger partial charge is 0.240 e. The number of anilines is 1. The molecule has 20 heavy (non-hydrogen) atoms. The fourth-order valence-electron chi connectivity index (χ4n) is 2.36. The molecule has 5 nitrogen and oxygen atoms in total. The van der Waals surface area contributed by atoms with E-state index in [4.69, 9.17) is 4.74 Å². The lowest BCUT2D eigenvalue weighted by Gasteiger charge is -2.21. The molecule has 1 saturated heterocycles. The van der Waals surface area contributed by atoms with Crippen LogP contribution in [0.15, 0.2) is 29.2 Å². The fraction of sp³-hybridized carbons (Fsp3) is 0.571. The van der Waals surface area contributed by atoms with Crippen LogP contribution in [0.1, 0.15) is 26.7 Å². The molecule has 0 aromatic heterocycles. The van der Waals surface area contributed by atoms with E-state index in [-0.39, 0.29) is 17.0 Å². The average Bonchev–Trinajstić information content (AvgIpc) is 2.93. The zero-order chi connectivity index (χ0) is 14.6. The summed E-state index contributed by atoms with van der Waals surface area (Å²) in [5, 5.41) is 3.35. The van der Waals surface area contributed by atoms with Crippen LogP contribution in [0.25, 0.3) is 0 Å². The lowest BCUT2D eigenvalue weighted by molar-refractivity contribution is 0.0996. The number of nitrogens with one attached hydrogen (secondary N) is 2. The second kappa shape index (κ2) is 6.56. The molecule has 112 valence electrons. The number of hydrogen-bond donors (Lipinski definition) is 2. The highest BCUT2D eigenvalue weighted by molar-refractivity contribution is 7.89. The van der Waals surface area contributed by atoms with Crippen LogP contribution in [0.2, 0.25) is 0 Å². The zero-order valence-electron chi connectivity index (χ0n) is 11.9. The number of sulfonamides is 1. The van der Waals surface area contributed by atoms with Crippen LogP contribution in [0.4, 0.5) is 5.69 Å². The van der Waals surface area contributed by atoms with Crippen molar-refractivity contribution in [1.82, 2.24) is 4.72 Å². The molecule has 2 N–H and O–H groups in total. The second-order valence-corrected chi connectivity index (χ2v) is 6.78. The molecule has 0 amide bonds. The Hall–Kier alpha value is -1.11. The van der Waals surface area contributed by atoms with E-state index in [0.717, 1.165) is 25.1 Å². The van der Waals surface area contributed by atoms with Gasteiger partial charge in [-0.05, 0) is 44.0 Å². The summed E-state index contributed by atoms with van der Waals surface area (Å²) in [4.78, 5) is 0.287. The van der Waals surface area contributed by atoms with Crippen LogP contribution in [0.5, 0.6) is 0 Å². The SMILES string of the molecule is CCNS(=O)(=O)c1ccc(NC(C)C2CCCO2)cc1. The molecule has 0 saturated carbocycles. The average molecular weight is 298 g/mol. The van der Waals surface area contributed by atoms with Crippen molar-refractivity contribution in [1.29, 1.82) is 0 Å². The molecular weight excluding hydrogens is 276 g/mol. The summed E-state index contributed by atoms with van der Waals surface area (Å²) in [6.07, 6.45) is 2.41. The van der Waals surface area contributed by atoms with Crippen LogP contribution >= 0.6 is 0 Å². The van der Waals surface area contributed by atoms with Gasteiger partial charge < -0.3 is 10.1 Å². The maximum absolute atomic E-state index is 11.8. The molecular formula is C14H22N2O3S. The lowest BCUT2D eigenvalue weighted by Crippen LogP contribution is -2.30. The summed E-state index contributed by atoms with van der Waals surface area (Å²) in [7, 11) is -3.37. The molecule has 2 rings (SSSR count). The highest BCUT2D eigenvalue weighted by atomic mass is 32.2. The highest BCUT2D eigenvalue weighted by Crippen LogP contribution is 2.20. The van der Waals surface area contributed by atoms with E-state index in [2.05, 4.69) is 17.0 Å². The van der Waals surface area contributed by atoms with Crippen molar-refractivity contribution in [2.24, 2.45) is 0 Å². The Morgan fingerprint density at radius 3 is 2.60 bits per heavy atom. The predicted octanol–water partition coefficient (Wildman–Crippen LogP) is 1.96. The van der Waals surface area contributed by atoms with Crippen molar-refractivity contribution >= 4 is 15.7 Å². The van der Waals surface area contributed by atoms with Gasteiger partial charge in [-0.2, -0.15) is 0 Å². The number of hydrogen-bond acceptors (Lipinski definition) is 4. The van der Waals surface area contributed by atoms with Gasteiger partial charge in [-0.3, -0.25) is 0 Å². The molecule has 0 radical (unpaired) electrons. The Kier molecular flexibility index (Phi) is 5.01. The van der Waals surface area contributed by atoms with Gasteiger partial charge in [-0.15, -0.1) is 0 Å². The summed E-state index contributed by atoms with van der Waals surface area (Å²) >= 11 is 0. The first kappa shape index (κ1) is 15.3. The minimum absolute atomic E-state index is 0.216. The number of ether oxygens (including phenoxy) is 1. The summed E-state index contributed by atoms with van der Waals surface area (Å²) in [5.74, 6) is 0. The van der Waals surface area contributed by atoms with Crippen molar-refractivity contribution < 1.29 is 13.2 Å². The highest BCUT2D eigenvalue weighted by Gasteiger charge is 2.22. The Morgan fingerprint density at radius 1 is 1.35 bits per heavy atom. The number of rotatable bonds is 6. The van der Waals surface area contributed by atoms with E-state index in [0.29, 0.717) is 6.54 Å². The van der Waals surface area contributed by atoms with Crippen molar-refractivity contribution in [3.63, 3.8) is 0 Å². The molecule has 1 heterocycles.